The van der Waals surface area contributed by atoms with Crippen molar-refractivity contribution in [1.82, 2.24) is 9.78 Å². The second kappa shape index (κ2) is 6.48. The van der Waals surface area contributed by atoms with Gasteiger partial charge >= 0.3 is 0 Å². The van der Waals surface area contributed by atoms with Crippen molar-refractivity contribution in [2.24, 2.45) is 11.3 Å². The first kappa shape index (κ1) is 16.5. The molecule has 6 heteroatoms. The second-order valence-corrected chi connectivity index (χ2v) is 7.90. The van der Waals surface area contributed by atoms with E-state index in [4.69, 9.17) is 0 Å². The van der Waals surface area contributed by atoms with Crippen LogP contribution in [0.4, 0.5) is 5.69 Å². The zero-order valence-corrected chi connectivity index (χ0v) is 14.5. The number of nitrogens with one attached hydrogen (secondary N) is 1. The lowest BCUT2D eigenvalue weighted by atomic mass is 9.89. The van der Waals surface area contributed by atoms with Gasteiger partial charge in [0.25, 0.3) is 5.56 Å². The molecule has 1 unspecified atom stereocenters. The Bertz CT molecular complexity index is 547. The average Bonchev–Trinajstić information content (AvgIpc) is 3.16. The minimum Gasteiger partial charge on any atom is -0.391 e. The lowest BCUT2D eigenvalue weighted by Gasteiger charge is -2.23. The number of hydrogen-bond donors (Lipinski definition) is 2. The molecule has 1 aliphatic carbocycles. The molecule has 5 nitrogen and oxygen atoms in total. The van der Waals surface area contributed by atoms with Crippen LogP contribution in [0.15, 0.2) is 15.5 Å². The van der Waals surface area contributed by atoms with Crippen LogP contribution in [0.5, 0.6) is 0 Å². The maximum Gasteiger partial charge on any atom is 0.283 e. The first-order chi connectivity index (χ1) is 9.76. The van der Waals surface area contributed by atoms with Crippen LogP contribution < -0.4 is 10.9 Å². The molecule has 1 saturated carbocycles. The van der Waals surface area contributed by atoms with E-state index in [1.54, 1.807) is 6.20 Å². The highest BCUT2D eigenvalue weighted by Gasteiger charge is 2.23. The molecule has 0 spiro atoms. The monoisotopic (exact) mass is 357 g/mol. The molecule has 1 aromatic heterocycles. The van der Waals surface area contributed by atoms with Crippen LogP contribution in [0.25, 0.3) is 0 Å². The number of halogens is 1. The summed E-state index contributed by atoms with van der Waals surface area (Å²) in [4.78, 5) is 12.2. The Labute approximate surface area is 133 Å². The summed E-state index contributed by atoms with van der Waals surface area (Å²) in [6, 6.07) is 0. The standard InChI is InChI=1S/C15H24BrN3O2/c1-15(2,3)6-11(20)7-17-12-8-18-19(9-10-4-5-10)14(21)13(12)16/h8,10-11,17,20H,4-7,9H2,1-3H3. The van der Waals surface area contributed by atoms with Gasteiger partial charge in [-0.25, -0.2) is 4.68 Å². The Hall–Kier alpha value is -0.880. The van der Waals surface area contributed by atoms with Crippen molar-refractivity contribution in [3.05, 3.63) is 21.0 Å². The molecule has 21 heavy (non-hydrogen) atoms. The molecule has 1 heterocycles. The quantitative estimate of drug-likeness (QED) is 0.821. The molecule has 0 aliphatic heterocycles. The van der Waals surface area contributed by atoms with Gasteiger partial charge in [0.2, 0.25) is 0 Å². The van der Waals surface area contributed by atoms with Gasteiger partial charge in [0, 0.05) is 13.1 Å². The Morgan fingerprint density at radius 1 is 1.52 bits per heavy atom. The summed E-state index contributed by atoms with van der Waals surface area (Å²) in [5, 5.41) is 17.3. The first-order valence-electron chi connectivity index (χ1n) is 7.44. The normalized spacial score (nSPS) is 16.8. The maximum atomic E-state index is 12.2. The maximum absolute atomic E-state index is 12.2. The Morgan fingerprint density at radius 2 is 2.19 bits per heavy atom. The fraction of sp³-hybridized carbons (Fsp3) is 0.733. The van der Waals surface area contributed by atoms with Gasteiger partial charge in [-0.3, -0.25) is 4.79 Å². The summed E-state index contributed by atoms with van der Waals surface area (Å²) in [6.07, 6.45) is 4.27. The molecule has 0 amide bonds. The van der Waals surface area contributed by atoms with Crippen molar-refractivity contribution < 1.29 is 5.11 Å². The molecule has 118 valence electrons. The Balaban J connectivity index is 1.97. The zero-order chi connectivity index (χ0) is 15.6. The van der Waals surface area contributed by atoms with E-state index < -0.39 is 6.10 Å². The van der Waals surface area contributed by atoms with E-state index in [1.165, 1.54) is 17.5 Å². The number of aliphatic hydroxyl groups is 1. The van der Waals surface area contributed by atoms with Crippen LogP contribution in [0.2, 0.25) is 0 Å². The highest BCUT2D eigenvalue weighted by atomic mass is 79.9. The molecule has 0 saturated heterocycles. The molecule has 1 fully saturated rings. The van der Waals surface area contributed by atoms with E-state index in [1.807, 2.05) is 0 Å². The van der Waals surface area contributed by atoms with Gasteiger partial charge in [-0.1, -0.05) is 20.8 Å². The molecular weight excluding hydrogens is 334 g/mol. The van der Waals surface area contributed by atoms with Crippen molar-refractivity contribution in [3.63, 3.8) is 0 Å². The zero-order valence-electron chi connectivity index (χ0n) is 12.9. The summed E-state index contributed by atoms with van der Waals surface area (Å²) in [6.45, 7) is 7.38. The summed E-state index contributed by atoms with van der Waals surface area (Å²) < 4.78 is 2.00. The van der Waals surface area contributed by atoms with E-state index in [0.717, 1.165) is 0 Å². The highest BCUT2D eigenvalue weighted by Crippen LogP contribution is 2.30. The van der Waals surface area contributed by atoms with Gasteiger partial charge in [0.15, 0.2) is 0 Å². The summed E-state index contributed by atoms with van der Waals surface area (Å²) in [5.41, 5.74) is 0.599. The van der Waals surface area contributed by atoms with E-state index in [2.05, 4.69) is 47.1 Å². The van der Waals surface area contributed by atoms with Crippen molar-refractivity contribution in [2.75, 3.05) is 11.9 Å². The van der Waals surface area contributed by atoms with Crippen LogP contribution >= 0.6 is 15.9 Å². The van der Waals surface area contributed by atoms with Crippen molar-refractivity contribution in [3.8, 4) is 0 Å². The summed E-state index contributed by atoms with van der Waals surface area (Å²) >= 11 is 3.34. The third-order valence-electron chi connectivity index (χ3n) is 3.49. The van der Waals surface area contributed by atoms with Crippen molar-refractivity contribution >= 4 is 21.6 Å². The SMILES string of the molecule is CC(C)(C)CC(O)CNc1cnn(CC2CC2)c(=O)c1Br. The van der Waals surface area contributed by atoms with Gasteiger partial charge in [-0.15, -0.1) is 0 Å². The smallest absolute Gasteiger partial charge is 0.283 e. The van der Waals surface area contributed by atoms with Gasteiger partial charge < -0.3 is 10.4 Å². The molecular formula is C15H24BrN3O2. The third-order valence-corrected chi connectivity index (χ3v) is 4.26. The minimum atomic E-state index is -0.453. The number of anilines is 1. The number of aliphatic hydroxyl groups excluding tert-OH is 1. The second-order valence-electron chi connectivity index (χ2n) is 7.10. The van der Waals surface area contributed by atoms with Gasteiger partial charge in [-0.05, 0) is 46.5 Å². The van der Waals surface area contributed by atoms with Crippen LogP contribution in [-0.4, -0.2) is 27.5 Å². The molecule has 1 atom stereocenters. The Morgan fingerprint density at radius 3 is 2.76 bits per heavy atom. The number of aromatic nitrogens is 2. The van der Waals surface area contributed by atoms with Gasteiger partial charge in [0.05, 0.1) is 18.0 Å². The molecule has 2 N–H and O–H groups in total. The molecule has 0 aromatic carbocycles. The minimum absolute atomic E-state index is 0.0737. The van der Waals surface area contributed by atoms with Crippen LogP contribution in [0.1, 0.15) is 40.0 Å². The molecule has 0 bridgehead atoms. The average molecular weight is 358 g/mol. The molecule has 1 aromatic rings. The largest absolute Gasteiger partial charge is 0.391 e. The van der Waals surface area contributed by atoms with Crippen LogP contribution in [-0.2, 0) is 6.54 Å². The van der Waals surface area contributed by atoms with Crippen molar-refractivity contribution in [1.29, 1.82) is 0 Å². The first-order valence-corrected chi connectivity index (χ1v) is 8.23. The molecule has 1 aliphatic rings. The number of rotatable bonds is 6. The Kier molecular flexibility index (Phi) is 5.09. The van der Waals surface area contributed by atoms with Gasteiger partial charge in [0.1, 0.15) is 4.47 Å². The lowest BCUT2D eigenvalue weighted by Crippen LogP contribution is -2.28. The third kappa shape index (κ3) is 5.11. The predicted molar refractivity (Wildman–Crippen MR) is 87.5 cm³/mol. The summed E-state index contributed by atoms with van der Waals surface area (Å²) in [7, 11) is 0. The summed E-state index contributed by atoms with van der Waals surface area (Å²) in [5.74, 6) is 0.606. The predicted octanol–water partition coefficient (Wildman–Crippen LogP) is 2.62. The highest BCUT2D eigenvalue weighted by molar-refractivity contribution is 9.10. The van der Waals surface area contributed by atoms with Crippen LogP contribution in [0.3, 0.4) is 0 Å². The molecule has 2 rings (SSSR count). The van der Waals surface area contributed by atoms with Crippen molar-refractivity contribution in [2.45, 2.75) is 52.7 Å². The van der Waals surface area contributed by atoms with Gasteiger partial charge in [-0.2, -0.15) is 5.10 Å². The van der Waals surface area contributed by atoms with E-state index >= 15 is 0 Å². The topological polar surface area (TPSA) is 67.2 Å². The van der Waals surface area contributed by atoms with E-state index in [9.17, 15) is 9.90 Å². The van der Waals surface area contributed by atoms with E-state index in [-0.39, 0.29) is 11.0 Å². The van der Waals surface area contributed by atoms with E-state index in [0.29, 0.717) is 35.6 Å². The fourth-order valence-corrected chi connectivity index (χ4v) is 2.72. The molecule has 0 radical (unpaired) electrons. The van der Waals surface area contributed by atoms with Crippen LogP contribution in [0, 0.1) is 11.3 Å². The lowest BCUT2D eigenvalue weighted by molar-refractivity contribution is 0.132. The fourth-order valence-electron chi connectivity index (χ4n) is 2.27. The number of hydrogen-bond acceptors (Lipinski definition) is 4. The number of nitrogens with zero attached hydrogens (tertiary/aromatic N) is 2.